The maximum atomic E-state index is 12.6. The van der Waals surface area contributed by atoms with Gasteiger partial charge >= 0.3 is 6.18 Å². The van der Waals surface area contributed by atoms with Gasteiger partial charge in [0, 0.05) is 17.1 Å². The second-order valence-corrected chi connectivity index (χ2v) is 6.48. The molecule has 0 atom stereocenters. The Bertz CT molecular complexity index is 893. The summed E-state index contributed by atoms with van der Waals surface area (Å²) in [5.41, 5.74) is 7.85. The van der Waals surface area contributed by atoms with E-state index in [1.54, 1.807) is 18.3 Å². The van der Waals surface area contributed by atoms with Crippen molar-refractivity contribution in [3.05, 3.63) is 59.8 Å². The van der Waals surface area contributed by atoms with Crippen molar-refractivity contribution in [3.63, 3.8) is 0 Å². The molecule has 0 aliphatic heterocycles. The van der Waals surface area contributed by atoms with Gasteiger partial charge in [-0.25, -0.2) is 0 Å². The van der Waals surface area contributed by atoms with Crippen molar-refractivity contribution in [1.29, 1.82) is 0 Å². The lowest BCUT2D eigenvalue weighted by atomic mass is 9.77. The molecule has 0 radical (unpaired) electrons. The van der Waals surface area contributed by atoms with Gasteiger partial charge in [0.2, 0.25) is 0 Å². The molecule has 0 unspecified atom stereocenters. The fourth-order valence-electron chi connectivity index (χ4n) is 3.27. The first-order valence-corrected chi connectivity index (χ1v) is 8.10. The number of rotatable bonds is 3. The third-order valence-corrected chi connectivity index (χ3v) is 4.79. The number of benzene rings is 2. The van der Waals surface area contributed by atoms with Gasteiger partial charge in [0.15, 0.2) is 0 Å². The van der Waals surface area contributed by atoms with Gasteiger partial charge in [-0.05, 0) is 54.7 Å². The van der Waals surface area contributed by atoms with Crippen LogP contribution >= 0.6 is 0 Å². The fourth-order valence-corrected chi connectivity index (χ4v) is 3.27. The van der Waals surface area contributed by atoms with E-state index in [0.29, 0.717) is 5.69 Å². The highest BCUT2D eigenvalue weighted by molar-refractivity contribution is 5.92. The molecule has 4 rings (SSSR count). The minimum Gasteiger partial charge on any atom is -0.490 e. The van der Waals surface area contributed by atoms with Crippen molar-refractivity contribution >= 4 is 16.6 Å². The number of alkyl halides is 3. The van der Waals surface area contributed by atoms with E-state index in [0.717, 1.165) is 47.2 Å². The van der Waals surface area contributed by atoms with Crippen LogP contribution in [0.25, 0.3) is 10.9 Å². The molecule has 6 heteroatoms. The van der Waals surface area contributed by atoms with E-state index in [4.69, 9.17) is 10.5 Å². The Kier molecular flexibility index (Phi) is 3.63. The van der Waals surface area contributed by atoms with Crippen LogP contribution in [-0.4, -0.2) is 11.1 Å². The number of ether oxygens (including phenoxy) is 1. The minimum absolute atomic E-state index is 0.0740. The van der Waals surface area contributed by atoms with Crippen molar-refractivity contribution in [1.82, 2.24) is 4.98 Å². The summed E-state index contributed by atoms with van der Waals surface area (Å²) in [5, 5.41) is 0.927. The molecule has 25 heavy (non-hydrogen) atoms. The van der Waals surface area contributed by atoms with Gasteiger partial charge in [-0.3, -0.25) is 0 Å². The third kappa shape index (κ3) is 3.04. The monoisotopic (exact) mass is 346 g/mol. The molecular formula is C19H17F3N2O. The second-order valence-electron chi connectivity index (χ2n) is 6.48. The van der Waals surface area contributed by atoms with Gasteiger partial charge in [-0.15, -0.1) is 0 Å². The molecule has 0 bridgehead atoms. The number of aromatic nitrogens is 1. The van der Waals surface area contributed by atoms with Crippen molar-refractivity contribution in [2.75, 3.05) is 5.73 Å². The topological polar surface area (TPSA) is 51.0 Å². The number of fused-ring (bicyclic) bond motifs is 1. The zero-order valence-corrected chi connectivity index (χ0v) is 13.3. The first-order valence-electron chi connectivity index (χ1n) is 8.10. The lowest BCUT2D eigenvalue weighted by Gasteiger charge is -2.35. The SMILES string of the molecule is Nc1c[nH]c2ccc(OC3CC(c4ccc(C(F)(F)F)cc4)C3)cc12. The smallest absolute Gasteiger partial charge is 0.416 e. The highest BCUT2D eigenvalue weighted by Gasteiger charge is 2.34. The Morgan fingerprint density at radius 3 is 2.44 bits per heavy atom. The number of hydrogen-bond donors (Lipinski definition) is 2. The number of H-pyrrole nitrogens is 1. The molecular weight excluding hydrogens is 329 g/mol. The molecule has 1 aliphatic carbocycles. The van der Waals surface area contributed by atoms with Crippen molar-refractivity contribution in [3.8, 4) is 5.75 Å². The maximum Gasteiger partial charge on any atom is 0.416 e. The third-order valence-electron chi connectivity index (χ3n) is 4.79. The summed E-state index contributed by atoms with van der Waals surface area (Å²) < 4.78 is 43.8. The molecule has 0 saturated heterocycles. The predicted molar refractivity (Wildman–Crippen MR) is 90.5 cm³/mol. The molecule has 2 aromatic carbocycles. The first kappa shape index (κ1) is 15.9. The second kappa shape index (κ2) is 5.72. The van der Waals surface area contributed by atoms with Crippen LogP contribution in [0.3, 0.4) is 0 Å². The van der Waals surface area contributed by atoms with Gasteiger partial charge < -0.3 is 15.5 Å². The molecule has 130 valence electrons. The number of halogens is 3. The Hall–Kier alpha value is -2.63. The molecule has 1 aromatic heterocycles. The fraction of sp³-hybridized carbons (Fsp3) is 0.263. The molecule has 1 aliphatic rings. The van der Waals surface area contributed by atoms with Crippen LogP contribution in [0.15, 0.2) is 48.7 Å². The molecule has 1 heterocycles. The van der Waals surface area contributed by atoms with E-state index in [2.05, 4.69) is 4.98 Å². The molecule has 0 amide bonds. The van der Waals surface area contributed by atoms with Crippen molar-refractivity contribution in [2.45, 2.75) is 31.0 Å². The summed E-state index contributed by atoms with van der Waals surface area (Å²) >= 11 is 0. The number of nitrogens with one attached hydrogen (secondary N) is 1. The van der Waals surface area contributed by atoms with Crippen LogP contribution in [0, 0.1) is 0 Å². The highest BCUT2D eigenvalue weighted by Crippen LogP contribution is 2.40. The first-order chi connectivity index (χ1) is 11.9. The van der Waals surface area contributed by atoms with E-state index in [-0.39, 0.29) is 12.0 Å². The summed E-state index contributed by atoms with van der Waals surface area (Å²) in [7, 11) is 0. The van der Waals surface area contributed by atoms with Crippen LogP contribution in [0.4, 0.5) is 18.9 Å². The minimum atomic E-state index is -4.29. The van der Waals surface area contributed by atoms with Crippen LogP contribution in [0.5, 0.6) is 5.75 Å². The molecule has 3 nitrogen and oxygen atoms in total. The number of anilines is 1. The Morgan fingerprint density at radius 1 is 1.04 bits per heavy atom. The normalized spacial score (nSPS) is 20.4. The van der Waals surface area contributed by atoms with Gasteiger partial charge in [-0.1, -0.05) is 12.1 Å². The largest absolute Gasteiger partial charge is 0.490 e. The van der Waals surface area contributed by atoms with E-state index in [9.17, 15) is 13.2 Å². The Balaban J connectivity index is 1.39. The molecule has 3 aromatic rings. The summed E-state index contributed by atoms with van der Waals surface area (Å²) in [6, 6.07) is 11.1. The number of nitrogens with two attached hydrogens (primary N) is 1. The molecule has 0 spiro atoms. The average Bonchev–Trinajstić information content (AvgIpc) is 2.91. The number of hydrogen-bond acceptors (Lipinski definition) is 2. The summed E-state index contributed by atoms with van der Waals surface area (Å²) in [6.45, 7) is 0. The van der Waals surface area contributed by atoms with Gasteiger partial charge in [-0.2, -0.15) is 13.2 Å². The van der Waals surface area contributed by atoms with Gasteiger partial charge in [0.25, 0.3) is 0 Å². The molecule has 1 fully saturated rings. The number of aromatic amines is 1. The molecule has 1 saturated carbocycles. The van der Waals surface area contributed by atoms with Crippen molar-refractivity contribution in [2.24, 2.45) is 0 Å². The summed E-state index contributed by atoms with van der Waals surface area (Å²) in [5.74, 6) is 1.00. The lowest BCUT2D eigenvalue weighted by Crippen LogP contribution is -2.32. The highest BCUT2D eigenvalue weighted by atomic mass is 19.4. The summed E-state index contributed by atoms with van der Waals surface area (Å²) in [6.07, 6.45) is -0.871. The van der Waals surface area contributed by atoms with Gasteiger partial charge in [0.1, 0.15) is 5.75 Å². The average molecular weight is 346 g/mol. The summed E-state index contributed by atoms with van der Waals surface area (Å²) in [4.78, 5) is 3.08. The van der Waals surface area contributed by atoms with Crippen LogP contribution < -0.4 is 10.5 Å². The molecule has 3 N–H and O–H groups in total. The van der Waals surface area contributed by atoms with Crippen LogP contribution in [0.1, 0.15) is 29.9 Å². The Labute approximate surface area is 142 Å². The van der Waals surface area contributed by atoms with E-state index in [1.165, 1.54) is 0 Å². The lowest BCUT2D eigenvalue weighted by molar-refractivity contribution is -0.137. The van der Waals surface area contributed by atoms with E-state index in [1.807, 2.05) is 18.2 Å². The predicted octanol–water partition coefficient (Wildman–Crippen LogP) is 5.09. The van der Waals surface area contributed by atoms with Gasteiger partial charge in [0.05, 0.1) is 17.4 Å². The standard InChI is InChI=1S/C19H17F3N2O/c20-19(21,22)13-3-1-11(2-4-13)12-7-15(8-12)25-14-5-6-18-16(9-14)17(23)10-24-18/h1-6,9-10,12,15,24H,7-8,23H2. The van der Waals surface area contributed by atoms with Crippen LogP contribution in [-0.2, 0) is 6.18 Å². The number of nitrogen functional groups attached to an aromatic ring is 1. The van der Waals surface area contributed by atoms with E-state index < -0.39 is 11.7 Å². The quantitative estimate of drug-likeness (QED) is 0.694. The zero-order valence-electron chi connectivity index (χ0n) is 13.3. The van der Waals surface area contributed by atoms with E-state index >= 15 is 0 Å². The van der Waals surface area contributed by atoms with Crippen molar-refractivity contribution < 1.29 is 17.9 Å². The maximum absolute atomic E-state index is 12.6. The zero-order chi connectivity index (χ0) is 17.6. The van der Waals surface area contributed by atoms with Crippen LogP contribution in [0.2, 0.25) is 0 Å². The Morgan fingerprint density at radius 2 is 1.76 bits per heavy atom.